The lowest BCUT2D eigenvalue weighted by Gasteiger charge is -2.00. The molecule has 0 fully saturated rings. The zero-order valence-corrected chi connectivity index (χ0v) is 6.13. The van der Waals surface area contributed by atoms with Crippen LogP contribution >= 0.6 is 0 Å². The lowest BCUT2D eigenvalue weighted by molar-refractivity contribution is 0.0601. The second-order valence-corrected chi connectivity index (χ2v) is 1.99. The second-order valence-electron chi connectivity index (χ2n) is 1.99. The van der Waals surface area contributed by atoms with Crippen LogP contribution in [0.25, 0.3) is 0 Å². The molecule has 1 aromatic rings. The van der Waals surface area contributed by atoms with Crippen molar-refractivity contribution in [2.75, 3.05) is 12.8 Å². The van der Waals surface area contributed by atoms with Gasteiger partial charge in [-0.25, -0.2) is 4.79 Å². The summed E-state index contributed by atoms with van der Waals surface area (Å²) < 4.78 is 4.47. The van der Waals surface area contributed by atoms with Gasteiger partial charge in [-0.2, -0.15) is 0 Å². The summed E-state index contributed by atoms with van der Waals surface area (Å²) in [5.41, 5.74) is 6.14. The molecule has 2 N–H and O–H groups in total. The molecule has 0 aliphatic carbocycles. The van der Waals surface area contributed by atoms with E-state index in [1.807, 2.05) is 0 Å². The Hall–Kier alpha value is -1.51. The summed E-state index contributed by atoms with van der Waals surface area (Å²) in [5, 5.41) is 0. The summed E-state index contributed by atoms with van der Waals surface area (Å²) in [6.07, 6.45) is 0. The number of anilines is 1. The molecular formula is C8H8NO2. The summed E-state index contributed by atoms with van der Waals surface area (Å²) in [4.78, 5) is 10.9. The highest BCUT2D eigenvalue weighted by Gasteiger charge is 2.07. The first kappa shape index (κ1) is 7.60. The Morgan fingerprint density at radius 2 is 2.45 bits per heavy atom. The molecule has 1 rings (SSSR count). The summed E-state index contributed by atoms with van der Waals surface area (Å²) >= 11 is 0. The number of methoxy groups -OCH3 is 1. The molecule has 0 heterocycles. The summed E-state index contributed by atoms with van der Waals surface area (Å²) in [5.74, 6) is -0.455. The van der Waals surface area contributed by atoms with Gasteiger partial charge in [0, 0.05) is 5.69 Å². The van der Waals surface area contributed by atoms with Crippen LogP contribution in [0.5, 0.6) is 0 Å². The fraction of sp³-hybridized carbons (Fsp3) is 0.125. The number of nitrogens with two attached hydrogens (primary N) is 1. The summed E-state index contributed by atoms with van der Waals surface area (Å²) in [7, 11) is 1.31. The molecule has 0 spiro atoms. The number of ether oxygens (including phenoxy) is 1. The van der Waals surface area contributed by atoms with Crippen molar-refractivity contribution >= 4 is 11.7 Å². The Kier molecular flexibility index (Phi) is 2.11. The highest BCUT2D eigenvalue weighted by atomic mass is 16.5. The monoisotopic (exact) mass is 150 g/mol. The maximum Gasteiger partial charge on any atom is 0.340 e. The molecule has 0 aliphatic heterocycles. The summed E-state index contributed by atoms with van der Waals surface area (Å²) in [6, 6.07) is 7.64. The minimum atomic E-state index is -0.455. The third kappa shape index (κ3) is 1.49. The van der Waals surface area contributed by atoms with E-state index in [2.05, 4.69) is 10.8 Å². The van der Waals surface area contributed by atoms with Crippen LogP contribution in [-0.2, 0) is 4.74 Å². The van der Waals surface area contributed by atoms with Gasteiger partial charge in [-0.3, -0.25) is 0 Å². The number of rotatable bonds is 1. The van der Waals surface area contributed by atoms with Crippen LogP contribution in [-0.4, -0.2) is 13.1 Å². The average molecular weight is 150 g/mol. The van der Waals surface area contributed by atoms with E-state index < -0.39 is 5.97 Å². The molecule has 0 atom stereocenters. The Morgan fingerprint density at radius 3 is 3.00 bits per heavy atom. The third-order valence-electron chi connectivity index (χ3n) is 1.28. The molecule has 0 saturated carbocycles. The van der Waals surface area contributed by atoms with Crippen molar-refractivity contribution in [3.63, 3.8) is 0 Å². The largest absolute Gasteiger partial charge is 0.465 e. The van der Waals surface area contributed by atoms with E-state index in [9.17, 15) is 4.79 Å². The molecular weight excluding hydrogens is 142 g/mol. The van der Waals surface area contributed by atoms with E-state index in [1.54, 1.807) is 18.2 Å². The van der Waals surface area contributed by atoms with Gasteiger partial charge in [0.2, 0.25) is 0 Å². The van der Waals surface area contributed by atoms with Crippen LogP contribution in [0.2, 0.25) is 0 Å². The molecule has 3 heteroatoms. The van der Waals surface area contributed by atoms with Gasteiger partial charge >= 0.3 is 5.97 Å². The van der Waals surface area contributed by atoms with E-state index in [4.69, 9.17) is 5.73 Å². The molecule has 0 saturated heterocycles. The average Bonchev–Trinajstić information content (AvgIpc) is 2.04. The van der Waals surface area contributed by atoms with Crippen molar-refractivity contribution in [2.24, 2.45) is 0 Å². The maximum absolute atomic E-state index is 10.9. The first-order valence-corrected chi connectivity index (χ1v) is 3.10. The SMILES string of the molecule is COC(=O)c1[c]cccc1N. The Bertz CT molecular complexity index is 271. The van der Waals surface area contributed by atoms with E-state index in [-0.39, 0.29) is 5.56 Å². The summed E-state index contributed by atoms with van der Waals surface area (Å²) in [6.45, 7) is 0. The van der Waals surface area contributed by atoms with E-state index in [0.717, 1.165) is 0 Å². The molecule has 0 amide bonds. The number of nitrogen functional groups attached to an aromatic ring is 1. The van der Waals surface area contributed by atoms with Gasteiger partial charge in [0.15, 0.2) is 0 Å². The molecule has 1 radical (unpaired) electrons. The molecule has 0 aliphatic rings. The van der Waals surface area contributed by atoms with Crippen LogP contribution < -0.4 is 5.73 Å². The molecule has 0 aromatic heterocycles. The van der Waals surface area contributed by atoms with Gasteiger partial charge in [0.05, 0.1) is 12.7 Å². The lowest BCUT2D eigenvalue weighted by Crippen LogP contribution is -2.04. The normalized spacial score (nSPS) is 9.18. The highest BCUT2D eigenvalue weighted by Crippen LogP contribution is 2.09. The van der Waals surface area contributed by atoms with Crippen molar-refractivity contribution in [3.8, 4) is 0 Å². The Labute approximate surface area is 64.8 Å². The van der Waals surface area contributed by atoms with Crippen LogP contribution in [0.15, 0.2) is 18.2 Å². The number of carbonyl (C=O) groups excluding carboxylic acids is 1. The van der Waals surface area contributed by atoms with E-state index >= 15 is 0 Å². The van der Waals surface area contributed by atoms with Crippen molar-refractivity contribution in [3.05, 3.63) is 29.8 Å². The van der Waals surface area contributed by atoms with Crippen LogP contribution in [0, 0.1) is 6.07 Å². The standard InChI is InChI=1S/C8H8NO2/c1-11-8(10)6-4-2-3-5-7(6)9/h2-3,5H,9H2,1H3. The quantitative estimate of drug-likeness (QED) is 0.477. The molecule has 57 valence electrons. The zero-order chi connectivity index (χ0) is 8.27. The van der Waals surface area contributed by atoms with Crippen LogP contribution in [0.4, 0.5) is 5.69 Å². The first-order chi connectivity index (χ1) is 5.25. The fourth-order valence-corrected chi connectivity index (χ4v) is 0.729. The highest BCUT2D eigenvalue weighted by molar-refractivity contribution is 5.94. The Morgan fingerprint density at radius 1 is 1.73 bits per heavy atom. The van der Waals surface area contributed by atoms with Crippen LogP contribution in [0.3, 0.4) is 0 Å². The van der Waals surface area contributed by atoms with Gasteiger partial charge in [0.1, 0.15) is 0 Å². The van der Waals surface area contributed by atoms with Gasteiger partial charge in [-0.05, 0) is 12.1 Å². The van der Waals surface area contributed by atoms with Crippen molar-refractivity contribution in [1.29, 1.82) is 0 Å². The number of esters is 1. The molecule has 1 aromatic carbocycles. The smallest absolute Gasteiger partial charge is 0.340 e. The third-order valence-corrected chi connectivity index (χ3v) is 1.28. The number of hydrogen-bond donors (Lipinski definition) is 1. The topological polar surface area (TPSA) is 52.3 Å². The number of hydrogen-bond acceptors (Lipinski definition) is 3. The van der Waals surface area contributed by atoms with Gasteiger partial charge in [-0.1, -0.05) is 12.1 Å². The number of carbonyl (C=O) groups is 1. The van der Waals surface area contributed by atoms with Crippen LogP contribution in [0.1, 0.15) is 10.4 Å². The van der Waals surface area contributed by atoms with Gasteiger partial charge in [-0.15, -0.1) is 0 Å². The molecule has 3 nitrogen and oxygen atoms in total. The van der Waals surface area contributed by atoms with E-state index in [1.165, 1.54) is 7.11 Å². The maximum atomic E-state index is 10.9. The number of benzene rings is 1. The van der Waals surface area contributed by atoms with Gasteiger partial charge in [0.25, 0.3) is 0 Å². The minimum absolute atomic E-state index is 0.287. The molecule has 0 bridgehead atoms. The second kappa shape index (κ2) is 3.05. The predicted octanol–water partition coefficient (Wildman–Crippen LogP) is 0.856. The lowest BCUT2D eigenvalue weighted by atomic mass is 10.2. The minimum Gasteiger partial charge on any atom is -0.465 e. The van der Waals surface area contributed by atoms with Gasteiger partial charge < -0.3 is 10.5 Å². The zero-order valence-electron chi connectivity index (χ0n) is 6.13. The van der Waals surface area contributed by atoms with Crippen molar-refractivity contribution in [2.45, 2.75) is 0 Å². The fourth-order valence-electron chi connectivity index (χ4n) is 0.729. The molecule has 0 unspecified atom stereocenters. The predicted molar refractivity (Wildman–Crippen MR) is 41.0 cm³/mol. The Balaban J connectivity index is 3.03. The van der Waals surface area contributed by atoms with Crippen molar-refractivity contribution in [1.82, 2.24) is 0 Å². The van der Waals surface area contributed by atoms with E-state index in [0.29, 0.717) is 5.69 Å². The van der Waals surface area contributed by atoms with Crippen molar-refractivity contribution < 1.29 is 9.53 Å². The molecule has 11 heavy (non-hydrogen) atoms. The first-order valence-electron chi connectivity index (χ1n) is 3.10.